The highest BCUT2D eigenvalue weighted by atomic mass is 35.5. The lowest BCUT2D eigenvalue weighted by Crippen LogP contribution is -2.29. The van der Waals surface area contributed by atoms with Crippen molar-refractivity contribution in [1.82, 2.24) is 0 Å². The molecule has 0 fully saturated rings. The van der Waals surface area contributed by atoms with Crippen LogP contribution in [0.3, 0.4) is 0 Å². The van der Waals surface area contributed by atoms with E-state index in [9.17, 15) is 0 Å². The molecule has 16 heavy (non-hydrogen) atoms. The third-order valence-electron chi connectivity index (χ3n) is 2.34. The largest absolute Gasteiger partial charge is 0.378 e. The molecule has 0 aromatic heterocycles. The molecule has 0 N–H and O–H groups in total. The minimum absolute atomic E-state index is 0.154. The van der Waals surface area contributed by atoms with Crippen LogP contribution in [0.2, 0.25) is 0 Å². The van der Waals surface area contributed by atoms with Gasteiger partial charge < -0.3 is 0 Å². The average molecular weight is 302 g/mol. The summed E-state index contributed by atoms with van der Waals surface area (Å²) in [5.41, 5.74) is 0.345. The van der Waals surface area contributed by atoms with Gasteiger partial charge in [0.2, 0.25) is 0 Å². The summed E-state index contributed by atoms with van der Waals surface area (Å²) < 4.78 is 0. The standard InChI is InChI=1S/C10H18B2Cl4/c1-9(2,3)7(11(13)14)8(12(15)16)10(4,5)6/h1-6H3/b8-7-. The molecule has 0 heterocycles. The highest BCUT2D eigenvalue weighted by Crippen LogP contribution is 2.42. The summed E-state index contributed by atoms with van der Waals surface area (Å²) in [6.07, 6.45) is 0. The Morgan fingerprint density at radius 1 is 0.625 bits per heavy atom. The maximum Gasteiger partial charge on any atom is 0.378 e. The molecule has 0 atom stereocenters. The summed E-state index contributed by atoms with van der Waals surface area (Å²) in [7, 11) is 0. The molecule has 0 aliphatic carbocycles. The monoisotopic (exact) mass is 300 g/mol. The van der Waals surface area contributed by atoms with Gasteiger partial charge in [0.05, 0.1) is 0 Å². The normalized spacial score (nSPS) is 14.6. The molecule has 0 nitrogen and oxygen atoms in total. The zero-order valence-electron chi connectivity index (χ0n) is 10.7. The van der Waals surface area contributed by atoms with Gasteiger partial charge in [-0.05, 0) is 10.8 Å². The van der Waals surface area contributed by atoms with E-state index in [4.69, 9.17) is 45.8 Å². The van der Waals surface area contributed by atoms with E-state index in [1.807, 2.05) is 0 Å². The second-order valence-electron chi connectivity index (χ2n) is 5.93. The van der Waals surface area contributed by atoms with Gasteiger partial charge in [-0.3, -0.25) is 0 Å². The number of allylic oxidation sites excluding steroid dienone is 2. The fraction of sp³-hybridized carbons (Fsp3) is 0.800. The van der Waals surface area contributed by atoms with Crippen molar-refractivity contribution < 1.29 is 0 Å². The Kier molecular flexibility index (Phi) is 6.15. The van der Waals surface area contributed by atoms with Crippen molar-refractivity contribution in [3.05, 3.63) is 10.9 Å². The topological polar surface area (TPSA) is 0 Å². The maximum atomic E-state index is 6.06. The van der Waals surface area contributed by atoms with Gasteiger partial charge in [0.15, 0.2) is 0 Å². The molecular weight excluding hydrogens is 284 g/mol. The summed E-state index contributed by atoms with van der Waals surface area (Å²) in [6, 6.07) is 0. The summed E-state index contributed by atoms with van der Waals surface area (Å²) in [5, 5.41) is 0. The first-order chi connectivity index (χ1) is 6.89. The first-order valence-corrected chi connectivity index (χ1v) is 6.95. The van der Waals surface area contributed by atoms with Crippen LogP contribution < -0.4 is 0 Å². The van der Waals surface area contributed by atoms with E-state index in [-0.39, 0.29) is 10.8 Å². The molecule has 0 saturated carbocycles. The Morgan fingerprint density at radius 2 is 0.812 bits per heavy atom. The molecule has 0 unspecified atom stereocenters. The minimum Gasteiger partial charge on any atom is -0.165 e. The molecule has 92 valence electrons. The van der Waals surface area contributed by atoms with Crippen LogP contribution in [0.4, 0.5) is 0 Å². The van der Waals surface area contributed by atoms with Gasteiger partial charge >= 0.3 is 11.1 Å². The lowest BCUT2D eigenvalue weighted by atomic mass is 9.59. The second kappa shape index (κ2) is 5.78. The molecule has 0 aliphatic rings. The van der Waals surface area contributed by atoms with E-state index < -0.39 is 11.1 Å². The lowest BCUT2D eigenvalue weighted by molar-refractivity contribution is 0.481. The zero-order valence-corrected chi connectivity index (χ0v) is 13.7. The molecule has 0 saturated heterocycles. The van der Waals surface area contributed by atoms with Crippen LogP contribution in [0, 0.1) is 10.8 Å². The van der Waals surface area contributed by atoms with Crippen molar-refractivity contribution in [3.63, 3.8) is 0 Å². The van der Waals surface area contributed by atoms with Crippen molar-refractivity contribution in [2.24, 2.45) is 10.8 Å². The van der Waals surface area contributed by atoms with Crippen LogP contribution in [-0.2, 0) is 0 Å². The van der Waals surface area contributed by atoms with Crippen LogP contribution in [0.5, 0.6) is 0 Å². The Balaban J connectivity index is 5.87. The van der Waals surface area contributed by atoms with Gasteiger partial charge in [-0.25, -0.2) is 0 Å². The molecular formula is C10H18B2Cl4. The first-order valence-electron chi connectivity index (χ1n) is 5.20. The zero-order chi connectivity index (χ0) is 13.3. The van der Waals surface area contributed by atoms with Gasteiger partial charge in [-0.1, -0.05) is 52.5 Å². The van der Waals surface area contributed by atoms with Gasteiger partial charge in [0.1, 0.15) is 0 Å². The second-order valence-corrected chi connectivity index (χ2v) is 8.12. The Hall–Kier alpha value is 1.03. The molecule has 0 bridgehead atoms. The highest BCUT2D eigenvalue weighted by Gasteiger charge is 2.37. The van der Waals surface area contributed by atoms with E-state index in [0.29, 0.717) is 0 Å². The van der Waals surface area contributed by atoms with Crippen LogP contribution in [0.25, 0.3) is 0 Å². The number of halogens is 4. The number of rotatable bonds is 2. The van der Waals surface area contributed by atoms with E-state index in [1.165, 1.54) is 0 Å². The van der Waals surface area contributed by atoms with Gasteiger partial charge in [-0.2, -0.15) is 45.8 Å². The predicted octanol–water partition coefficient (Wildman–Crippen LogP) is 5.39. The van der Waals surface area contributed by atoms with Gasteiger partial charge in [0.25, 0.3) is 0 Å². The minimum atomic E-state index is -0.589. The SMILES string of the molecule is CC(C)(C)/C(B(Cl)Cl)=C(/B(Cl)Cl)C(C)(C)C. The average Bonchev–Trinajstić information content (AvgIpc) is 1.92. The van der Waals surface area contributed by atoms with Crippen molar-refractivity contribution >= 4 is 56.9 Å². The molecule has 0 aromatic rings. The van der Waals surface area contributed by atoms with Crippen molar-refractivity contribution in [2.45, 2.75) is 41.5 Å². The molecule has 0 radical (unpaired) electrons. The summed E-state index contributed by atoms with van der Waals surface area (Å²) in [4.78, 5) is 0. The summed E-state index contributed by atoms with van der Waals surface area (Å²) >= 11 is 24.3. The Morgan fingerprint density at radius 3 is 0.875 bits per heavy atom. The van der Waals surface area contributed by atoms with E-state index in [2.05, 4.69) is 41.5 Å². The fourth-order valence-electron chi connectivity index (χ4n) is 1.70. The van der Waals surface area contributed by atoms with Crippen molar-refractivity contribution in [3.8, 4) is 0 Å². The molecule has 0 rings (SSSR count). The molecule has 0 amide bonds. The number of hydrogen-bond acceptors (Lipinski definition) is 0. The first kappa shape index (κ1) is 17.0. The van der Waals surface area contributed by atoms with Gasteiger partial charge in [-0.15, -0.1) is 0 Å². The predicted molar refractivity (Wildman–Crippen MR) is 80.9 cm³/mol. The van der Waals surface area contributed by atoms with E-state index >= 15 is 0 Å². The number of hydrogen-bond donors (Lipinski definition) is 0. The van der Waals surface area contributed by atoms with Crippen LogP contribution in [0.15, 0.2) is 10.9 Å². The third kappa shape index (κ3) is 4.72. The third-order valence-corrected chi connectivity index (χ3v) is 3.22. The lowest BCUT2D eigenvalue weighted by Gasteiger charge is -2.33. The van der Waals surface area contributed by atoms with E-state index in [0.717, 1.165) is 10.9 Å². The molecule has 0 aliphatic heterocycles. The van der Waals surface area contributed by atoms with Gasteiger partial charge in [0, 0.05) is 0 Å². The quantitative estimate of drug-likeness (QED) is 0.600. The van der Waals surface area contributed by atoms with Crippen LogP contribution in [0.1, 0.15) is 41.5 Å². The smallest absolute Gasteiger partial charge is 0.165 e. The molecule has 0 spiro atoms. The van der Waals surface area contributed by atoms with E-state index in [1.54, 1.807) is 0 Å². The van der Waals surface area contributed by atoms with Crippen molar-refractivity contribution in [1.29, 1.82) is 0 Å². The maximum absolute atomic E-state index is 6.06. The van der Waals surface area contributed by atoms with Crippen LogP contribution in [-0.4, -0.2) is 11.1 Å². The molecule has 6 heteroatoms. The highest BCUT2D eigenvalue weighted by molar-refractivity contribution is 7.40. The Labute approximate surface area is 120 Å². The Bertz CT molecular complexity index is 244. The summed E-state index contributed by atoms with van der Waals surface area (Å²) in [6.45, 7) is 12.3. The fourth-order valence-corrected chi connectivity index (χ4v) is 3.48. The summed E-state index contributed by atoms with van der Waals surface area (Å²) in [5.74, 6) is 0. The van der Waals surface area contributed by atoms with Crippen molar-refractivity contribution in [2.75, 3.05) is 0 Å². The van der Waals surface area contributed by atoms with Crippen LogP contribution >= 0.6 is 45.8 Å². The molecule has 0 aromatic carbocycles.